The number of nitrogens with zero attached hydrogens (tertiary/aromatic N) is 4. The summed E-state index contributed by atoms with van der Waals surface area (Å²) in [4.78, 5) is 5.02. The largest absolute Gasteiger partial charge is 0.455 e. The monoisotopic (exact) mass is 870 g/mol. The molecule has 0 fully saturated rings. The maximum Gasteiger partial charge on any atom is 0.294 e. The molecule has 0 bridgehead atoms. The molecule has 11 rings (SSSR count). The van der Waals surface area contributed by atoms with Crippen LogP contribution in [0, 0.1) is 17.8 Å². The van der Waals surface area contributed by atoms with Gasteiger partial charge in [0.25, 0.3) is 5.82 Å². The van der Waals surface area contributed by atoms with Gasteiger partial charge >= 0.3 is 0 Å². The fourth-order valence-corrected chi connectivity index (χ4v) is 13.4. The number of hydrogen-bond acceptors (Lipinski definition) is 2. The molecular weight excluding hydrogens is 809 g/mol. The van der Waals surface area contributed by atoms with Gasteiger partial charge < -0.3 is 4.42 Å². The first kappa shape index (κ1) is 41.6. The highest BCUT2D eigenvalue weighted by atomic mass is 28.3. The Morgan fingerprint density at radius 2 is 1.66 bits per heavy atom. The second kappa shape index (κ2) is 15.0. The molecule has 4 aromatic carbocycles. The Hall–Kier alpha value is -6.11. The number of fused-ring (bicyclic) bond motifs is 15. The van der Waals surface area contributed by atoms with E-state index >= 15 is 0 Å². The first-order valence-corrected chi connectivity index (χ1v) is 27.2. The molecular formula is C59H62N4OSi+2. The number of furan rings is 1. The molecule has 8 aromatic rings. The van der Waals surface area contributed by atoms with Gasteiger partial charge in [0.2, 0.25) is 5.69 Å². The van der Waals surface area contributed by atoms with E-state index in [4.69, 9.17) is 16.0 Å². The highest BCUT2D eigenvalue weighted by molar-refractivity contribution is 6.89. The van der Waals surface area contributed by atoms with Gasteiger partial charge in [-0.3, -0.25) is 4.98 Å². The lowest BCUT2D eigenvalue weighted by Gasteiger charge is -2.34. The van der Waals surface area contributed by atoms with E-state index in [1.54, 1.807) is 5.19 Å². The average molecular weight is 871 g/mol. The molecule has 0 saturated heterocycles. The Bertz CT molecular complexity index is 3330. The summed E-state index contributed by atoms with van der Waals surface area (Å²) in [7, 11) is -1.78. The topological polar surface area (TPSA) is 38.7 Å². The molecule has 3 unspecified atom stereocenters. The molecule has 0 amide bonds. The van der Waals surface area contributed by atoms with Gasteiger partial charge in [0, 0.05) is 50.8 Å². The highest BCUT2D eigenvalue weighted by Crippen LogP contribution is 2.48. The van der Waals surface area contributed by atoms with Crippen LogP contribution in [-0.2, 0) is 25.9 Å². The quantitative estimate of drug-likeness (QED) is 0.0982. The summed E-state index contributed by atoms with van der Waals surface area (Å²) in [6, 6.07) is 38.2. The summed E-state index contributed by atoms with van der Waals surface area (Å²) in [5.41, 5.74) is 18.3. The molecule has 0 radical (unpaired) electrons. The Morgan fingerprint density at radius 1 is 0.908 bits per heavy atom. The third-order valence-corrected chi connectivity index (χ3v) is 17.0. The van der Waals surface area contributed by atoms with Crippen LogP contribution in [0.25, 0.3) is 61.2 Å². The van der Waals surface area contributed by atoms with Crippen molar-refractivity contribution in [3.05, 3.63) is 173 Å². The van der Waals surface area contributed by atoms with Gasteiger partial charge in [-0.1, -0.05) is 144 Å². The Kier molecular flexibility index (Phi) is 9.57. The normalized spacial score (nSPS) is 19.7. The zero-order chi connectivity index (χ0) is 45.2. The number of hydrogen-bond donors (Lipinski definition) is 0. The maximum absolute atomic E-state index is 7.09. The molecule has 6 heteroatoms. The molecule has 2 aliphatic heterocycles. The molecule has 65 heavy (non-hydrogen) atoms. The van der Waals surface area contributed by atoms with Gasteiger partial charge in [0.1, 0.15) is 24.2 Å². The molecule has 6 heterocycles. The number of aromatic nitrogens is 4. The van der Waals surface area contributed by atoms with E-state index in [2.05, 4.69) is 196 Å². The van der Waals surface area contributed by atoms with Crippen LogP contribution in [0.2, 0.25) is 19.6 Å². The Labute approximate surface area is 385 Å². The number of pyridine rings is 2. The van der Waals surface area contributed by atoms with E-state index in [1.165, 1.54) is 61.3 Å². The predicted molar refractivity (Wildman–Crippen MR) is 271 cm³/mol. The zero-order valence-electron chi connectivity index (χ0n) is 39.7. The van der Waals surface area contributed by atoms with Gasteiger partial charge in [-0.2, -0.15) is 4.57 Å². The van der Waals surface area contributed by atoms with Crippen LogP contribution >= 0.6 is 0 Å². The zero-order valence-corrected chi connectivity index (χ0v) is 40.7. The highest BCUT2D eigenvalue weighted by Gasteiger charge is 2.46. The van der Waals surface area contributed by atoms with Crippen LogP contribution < -0.4 is 14.3 Å². The summed E-state index contributed by atoms with van der Waals surface area (Å²) in [6.45, 7) is 28.2. The van der Waals surface area contributed by atoms with Crippen molar-refractivity contribution in [2.45, 2.75) is 105 Å². The van der Waals surface area contributed by atoms with Crippen molar-refractivity contribution in [3.8, 4) is 22.6 Å². The van der Waals surface area contributed by atoms with Crippen molar-refractivity contribution in [1.82, 2.24) is 9.55 Å². The number of benzene rings is 4. The van der Waals surface area contributed by atoms with Crippen LogP contribution in [0.3, 0.4) is 0 Å². The number of para-hydroxylation sites is 1. The Morgan fingerprint density at radius 3 is 2.45 bits per heavy atom. The van der Waals surface area contributed by atoms with E-state index in [-0.39, 0.29) is 22.8 Å². The second-order valence-corrected chi connectivity index (χ2v) is 26.9. The molecule has 4 aromatic heterocycles. The van der Waals surface area contributed by atoms with Crippen LogP contribution in [0.4, 0.5) is 0 Å². The van der Waals surface area contributed by atoms with E-state index < -0.39 is 8.07 Å². The number of imidazole rings is 1. The smallest absolute Gasteiger partial charge is 0.294 e. The summed E-state index contributed by atoms with van der Waals surface area (Å²) in [5, 5.41) is 3.85. The standard InChI is InChI=1S/C59H62N4OSi/c1-37-34-62-49-28-29-60-39(3)55(49)63(36-59(7)33-42(30-38(59)2)40-18-12-11-13-19-40)57(62)53-41(25-27-48-46-22-16-17-23-51(46)64-56(48)53)24-26-47-44-20-14-15-21-45(44)50-31-43(32-58(4,5)6)52(65(8,9)10)35-61(50)54(37)47/h11-23,25,27-31,33,35,47,54H,1,24,26,32,34,36H2,2-10H3/q+2. The van der Waals surface area contributed by atoms with Crippen molar-refractivity contribution in [2.75, 3.05) is 0 Å². The van der Waals surface area contributed by atoms with E-state index in [1.807, 2.05) is 6.20 Å². The maximum atomic E-state index is 7.09. The molecule has 0 N–H and O–H groups in total. The fourth-order valence-electron chi connectivity index (χ4n) is 11.8. The van der Waals surface area contributed by atoms with E-state index in [9.17, 15) is 0 Å². The first-order valence-electron chi connectivity index (χ1n) is 23.7. The van der Waals surface area contributed by atoms with Gasteiger partial charge in [-0.25, -0.2) is 9.13 Å². The molecule has 3 atom stereocenters. The lowest BCUT2D eigenvalue weighted by molar-refractivity contribution is -0.709. The lowest BCUT2D eigenvalue weighted by atomic mass is 9.76. The Balaban J connectivity index is 1.19. The van der Waals surface area contributed by atoms with Crippen LogP contribution in [-0.4, -0.2) is 17.6 Å². The fraction of sp³-hybridized carbons (Fsp3) is 0.305. The predicted octanol–water partition coefficient (Wildman–Crippen LogP) is 13.2. The molecule has 3 aliphatic rings. The first-order chi connectivity index (χ1) is 31.1. The molecule has 1 aliphatic carbocycles. The van der Waals surface area contributed by atoms with Crippen molar-refractivity contribution >= 4 is 51.8 Å². The molecule has 326 valence electrons. The van der Waals surface area contributed by atoms with Gasteiger partial charge in [-0.15, -0.1) is 0 Å². The van der Waals surface area contributed by atoms with Gasteiger partial charge in [0.05, 0.1) is 19.7 Å². The summed E-state index contributed by atoms with van der Waals surface area (Å²) in [5.74, 6) is 1.39. The number of rotatable bonds is 5. The van der Waals surface area contributed by atoms with Gasteiger partial charge in [0.15, 0.2) is 28.9 Å². The second-order valence-electron chi connectivity index (χ2n) is 21.9. The molecule has 5 nitrogen and oxygen atoms in total. The van der Waals surface area contributed by atoms with Crippen LogP contribution in [0.15, 0.2) is 150 Å². The SMILES string of the molecule is C=C1Cn2c([n+](CC3(C)C=C(c4ccccc4)C=C3C)c3c(C)nccc32)-c2c(ccc3c2oc2ccccc23)CCC2c3ccccc3-c3cc(CC(C)(C)C)c([Si](C)(C)C)c[n+]3C12. The van der Waals surface area contributed by atoms with E-state index in [0.717, 1.165) is 64.8 Å². The minimum Gasteiger partial charge on any atom is -0.455 e. The summed E-state index contributed by atoms with van der Waals surface area (Å²) in [6.07, 6.45) is 12.4. The number of aryl methyl sites for hydroxylation is 2. The van der Waals surface area contributed by atoms with Crippen molar-refractivity contribution in [2.24, 2.45) is 10.8 Å². The van der Waals surface area contributed by atoms with Gasteiger partial charge in [-0.05, 0) is 85.4 Å². The molecule has 0 spiro atoms. The summed E-state index contributed by atoms with van der Waals surface area (Å²) >= 11 is 0. The molecule has 0 saturated carbocycles. The van der Waals surface area contributed by atoms with Crippen molar-refractivity contribution in [3.63, 3.8) is 0 Å². The van der Waals surface area contributed by atoms with Crippen LogP contribution in [0.5, 0.6) is 0 Å². The van der Waals surface area contributed by atoms with Crippen molar-refractivity contribution < 1.29 is 13.6 Å². The van der Waals surface area contributed by atoms with E-state index in [0.29, 0.717) is 6.54 Å². The van der Waals surface area contributed by atoms with Crippen molar-refractivity contribution in [1.29, 1.82) is 0 Å². The number of allylic oxidation sites excluding steroid dienone is 5. The minimum atomic E-state index is -1.78. The van der Waals surface area contributed by atoms with Crippen LogP contribution in [0.1, 0.15) is 80.9 Å². The third kappa shape index (κ3) is 6.81. The summed E-state index contributed by atoms with van der Waals surface area (Å²) < 4.78 is 15.0. The lowest BCUT2D eigenvalue weighted by Crippen LogP contribution is -2.54. The minimum absolute atomic E-state index is 0.0609. The average Bonchev–Trinajstić information content (AvgIpc) is 3.90. The third-order valence-electron chi connectivity index (χ3n) is 14.9.